The van der Waals surface area contributed by atoms with Crippen molar-refractivity contribution in [3.05, 3.63) is 32.2 Å². The smallest absolute Gasteiger partial charge is 0.329 e. The van der Waals surface area contributed by atoms with Gasteiger partial charge in [-0.2, -0.15) is 0 Å². The van der Waals surface area contributed by atoms with Gasteiger partial charge in [0, 0.05) is 24.7 Å². The first-order valence-corrected chi connectivity index (χ1v) is 9.32. The number of nitrogens with zero attached hydrogens (tertiary/aromatic N) is 2. The maximum absolute atomic E-state index is 15.4. The average molecular weight is 377 g/mol. The van der Waals surface area contributed by atoms with Gasteiger partial charge < -0.3 is 14.7 Å². The van der Waals surface area contributed by atoms with Gasteiger partial charge >= 0.3 is 5.69 Å². The predicted molar refractivity (Wildman–Crippen MR) is 100 cm³/mol. The fourth-order valence-electron chi connectivity index (χ4n) is 4.03. The minimum Gasteiger partial charge on any atom is -0.492 e. The lowest BCUT2D eigenvalue weighted by molar-refractivity contribution is 0.102. The van der Waals surface area contributed by atoms with E-state index in [2.05, 4.69) is 4.98 Å². The van der Waals surface area contributed by atoms with E-state index < -0.39 is 23.2 Å². The van der Waals surface area contributed by atoms with Crippen LogP contribution in [-0.2, 0) is 0 Å². The molecule has 146 valence electrons. The van der Waals surface area contributed by atoms with E-state index in [1.54, 1.807) is 11.8 Å². The van der Waals surface area contributed by atoms with E-state index in [-0.39, 0.29) is 40.9 Å². The summed E-state index contributed by atoms with van der Waals surface area (Å²) < 4.78 is 22.5. The number of piperidine rings is 1. The Labute approximate surface area is 155 Å². The molecule has 2 aromatic rings. The number of anilines is 1. The van der Waals surface area contributed by atoms with Crippen LogP contribution in [0.4, 0.5) is 10.1 Å². The number of methoxy groups -OCH3 is 1. The Morgan fingerprint density at radius 2 is 1.96 bits per heavy atom. The van der Waals surface area contributed by atoms with E-state index >= 15 is 4.39 Å². The van der Waals surface area contributed by atoms with Crippen LogP contribution < -0.4 is 20.9 Å². The topological polar surface area (TPSA) is 87.6 Å². The van der Waals surface area contributed by atoms with E-state index in [0.717, 1.165) is 12.8 Å². The van der Waals surface area contributed by atoms with Gasteiger partial charge in [0.1, 0.15) is 11.2 Å². The summed E-state index contributed by atoms with van der Waals surface area (Å²) in [7, 11) is 1.42. The summed E-state index contributed by atoms with van der Waals surface area (Å²) in [6.07, 6.45) is 1.79. The van der Waals surface area contributed by atoms with Gasteiger partial charge in [-0.15, -0.1) is 0 Å². The molecule has 2 heterocycles. The number of aliphatic hydroxyl groups is 1. The van der Waals surface area contributed by atoms with Crippen LogP contribution in [0.1, 0.15) is 37.8 Å². The monoisotopic (exact) mass is 377 g/mol. The molecule has 27 heavy (non-hydrogen) atoms. The second-order valence-electron chi connectivity index (χ2n) is 7.68. The summed E-state index contributed by atoms with van der Waals surface area (Å²) in [6, 6.07) is -0.0181. The summed E-state index contributed by atoms with van der Waals surface area (Å²) in [5.41, 5.74) is -0.369. The molecule has 4 rings (SSSR count). The zero-order chi connectivity index (χ0) is 19.5. The van der Waals surface area contributed by atoms with Crippen LogP contribution in [0.2, 0.25) is 0 Å². The molecule has 1 aliphatic carbocycles. The number of aromatic nitrogens is 2. The van der Waals surface area contributed by atoms with E-state index in [1.165, 1.54) is 11.7 Å². The molecule has 1 saturated heterocycles. The highest BCUT2D eigenvalue weighted by Gasteiger charge is 2.34. The largest absolute Gasteiger partial charge is 0.492 e. The lowest BCUT2D eigenvalue weighted by Crippen LogP contribution is -2.43. The van der Waals surface area contributed by atoms with E-state index in [9.17, 15) is 14.7 Å². The van der Waals surface area contributed by atoms with Gasteiger partial charge in [0.25, 0.3) is 5.56 Å². The van der Waals surface area contributed by atoms with Crippen molar-refractivity contribution >= 4 is 16.6 Å². The Balaban J connectivity index is 2.06. The maximum Gasteiger partial charge on any atom is 0.329 e. The van der Waals surface area contributed by atoms with Crippen LogP contribution in [0.25, 0.3) is 10.9 Å². The molecule has 2 fully saturated rings. The van der Waals surface area contributed by atoms with Crippen LogP contribution in [0.5, 0.6) is 5.75 Å². The third-order valence-electron chi connectivity index (χ3n) is 5.84. The van der Waals surface area contributed by atoms with Crippen molar-refractivity contribution in [3.63, 3.8) is 0 Å². The number of ether oxygens (including phenoxy) is 1. The molecule has 1 aromatic carbocycles. The third kappa shape index (κ3) is 2.74. The van der Waals surface area contributed by atoms with Crippen LogP contribution in [0.3, 0.4) is 0 Å². The van der Waals surface area contributed by atoms with Crippen LogP contribution >= 0.6 is 0 Å². The Morgan fingerprint density at radius 3 is 2.56 bits per heavy atom. The third-order valence-corrected chi connectivity index (χ3v) is 5.84. The molecule has 7 nitrogen and oxygen atoms in total. The molecule has 0 radical (unpaired) electrons. The summed E-state index contributed by atoms with van der Waals surface area (Å²) >= 11 is 0. The van der Waals surface area contributed by atoms with Crippen molar-refractivity contribution in [1.82, 2.24) is 9.55 Å². The highest BCUT2D eigenvalue weighted by Crippen LogP contribution is 2.44. The van der Waals surface area contributed by atoms with Crippen molar-refractivity contribution in [3.8, 4) is 5.75 Å². The number of hydrogen-bond acceptors (Lipinski definition) is 5. The maximum atomic E-state index is 15.4. The number of fused-ring (bicyclic) bond motifs is 1. The van der Waals surface area contributed by atoms with Gasteiger partial charge in [-0.3, -0.25) is 14.3 Å². The van der Waals surface area contributed by atoms with Crippen molar-refractivity contribution < 1.29 is 14.2 Å². The number of β-amino-alcohol motifs (C(OH)–C–C–N with tert-alkyl or cyclic N) is 1. The summed E-state index contributed by atoms with van der Waals surface area (Å²) in [5.74, 6) is -0.234. The summed E-state index contributed by atoms with van der Waals surface area (Å²) in [4.78, 5) is 29.0. The standard InChI is InChI=1S/C19H24FN3O4/c1-9-6-7-22(8-12(9)24)16-14(20)10(2)13-15(17(16)27-3)23(11-4-5-11)19(26)21-18(13)25/h9,11-12,24H,4-8H2,1-3H3,(H,21,25,26). The van der Waals surface area contributed by atoms with E-state index in [4.69, 9.17) is 4.74 Å². The van der Waals surface area contributed by atoms with Crippen molar-refractivity contribution in [1.29, 1.82) is 0 Å². The molecule has 0 bridgehead atoms. The Morgan fingerprint density at radius 1 is 1.26 bits per heavy atom. The van der Waals surface area contributed by atoms with Crippen LogP contribution in [-0.4, -0.2) is 41.0 Å². The number of aryl methyl sites for hydroxylation is 1. The Kier molecular flexibility index (Phi) is 4.25. The Bertz CT molecular complexity index is 1020. The first-order valence-electron chi connectivity index (χ1n) is 9.32. The van der Waals surface area contributed by atoms with Crippen LogP contribution in [0, 0.1) is 18.7 Å². The molecule has 2 unspecified atom stereocenters. The number of benzene rings is 1. The zero-order valence-electron chi connectivity index (χ0n) is 15.7. The summed E-state index contributed by atoms with van der Waals surface area (Å²) in [6.45, 7) is 4.34. The Hall–Kier alpha value is -2.35. The van der Waals surface area contributed by atoms with Gasteiger partial charge in [-0.25, -0.2) is 9.18 Å². The van der Waals surface area contributed by atoms with Gasteiger partial charge in [-0.1, -0.05) is 6.92 Å². The SMILES string of the molecule is COc1c(N2CCC(C)C(O)C2)c(F)c(C)c2c(=O)[nH]c(=O)n(C3CC3)c12. The molecule has 8 heteroatoms. The van der Waals surface area contributed by atoms with Gasteiger partial charge in [0.15, 0.2) is 11.6 Å². The zero-order valence-corrected chi connectivity index (χ0v) is 15.7. The van der Waals surface area contributed by atoms with Crippen molar-refractivity contribution in [2.24, 2.45) is 5.92 Å². The lowest BCUT2D eigenvalue weighted by Gasteiger charge is -2.37. The predicted octanol–water partition coefficient (Wildman–Crippen LogP) is 1.69. The molecular weight excluding hydrogens is 353 g/mol. The number of H-pyrrole nitrogens is 1. The molecule has 0 amide bonds. The number of hydrogen-bond donors (Lipinski definition) is 2. The average Bonchev–Trinajstić information content (AvgIpc) is 3.44. The number of aromatic amines is 1. The normalized spacial score (nSPS) is 23.1. The molecule has 2 aliphatic rings. The fraction of sp³-hybridized carbons (Fsp3) is 0.579. The molecule has 2 N–H and O–H groups in total. The summed E-state index contributed by atoms with van der Waals surface area (Å²) in [5, 5.41) is 10.4. The molecular formula is C19H24FN3O4. The van der Waals surface area contributed by atoms with Crippen molar-refractivity contribution in [2.45, 2.75) is 45.3 Å². The minimum atomic E-state index is -0.611. The highest BCUT2D eigenvalue weighted by molar-refractivity contribution is 5.93. The molecule has 1 aromatic heterocycles. The molecule has 2 atom stereocenters. The van der Waals surface area contributed by atoms with Crippen LogP contribution in [0.15, 0.2) is 9.59 Å². The van der Waals surface area contributed by atoms with Gasteiger partial charge in [0.05, 0.1) is 18.6 Å². The first-order chi connectivity index (χ1) is 12.8. The van der Waals surface area contributed by atoms with Crippen molar-refractivity contribution in [2.75, 3.05) is 25.1 Å². The van der Waals surface area contributed by atoms with Gasteiger partial charge in [-0.05, 0) is 32.1 Å². The molecule has 1 saturated carbocycles. The first kappa shape index (κ1) is 18.0. The number of rotatable bonds is 3. The quantitative estimate of drug-likeness (QED) is 0.850. The number of halogens is 1. The minimum absolute atomic E-state index is 0.0181. The molecule has 0 spiro atoms. The number of aliphatic hydroxyl groups excluding tert-OH is 1. The lowest BCUT2D eigenvalue weighted by atomic mass is 9.95. The second-order valence-corrected chi connectivity index (χ2v) is 7.68. The number of nitrogens with one attached hydrogen (secondary N) is 1. The van der Waals surface area contributed by atoms with E-state index in [0.29, 0.717) is 18.5 Å². The van der Waals surface area contributed by atoms with Gasteiger partial charge in [0.2, 0.25) is 0 Å². The highest BCUT2D eigenvalue weighted by atomic mass is 19.1. The molecule has 1 aliphatic heterocycles. The second kappa shape index (κ2) is 6.37. The fourth-order valence-corrected chi connectivity index (χ4v) is 4.03. The van der Waals surface area contributed by atoms with E-state index in [1.807, 2.05) is 6.92 Å².